The molecule has 0 amide bonds. The standard InChI is InChI=1S/C20H19BrN2O3/c1-12-4-5-13(2)19(14(12)3)26-18(24)8-9-23-11-22-17-7-6-15(21)10-16(17)20(23)25/h4-7,10-11H,8-9H2,1-3H3. The van der Waals surface area contributed by atoms with Gasteiger partial charge in [0.25, 0.3) is 5.56 Å². The molecule has 0 aliphatic carbocycles. The van der Waals surface area contributed by atoms with Gasteiger partial charge < -0.3 is 4.74 Å². The summed E-state index contributed by atoms with van der Waals surface area (Å²) in [6.45, 7) is 6.03. The summed E-state index contributed by atoms with van der Waals surface area (Å²) >= 11 is 3.36. The van der Waals surface area contributed by atoms with Gasteiger partial charge in [-0.05, 0) is 55.7 Å². The number of aryl methyl sites for hydroxylation is 3. The van der Waals surface area contributed by atoms with Gasteiger partial charge in [0.1, 0.15) is 5.75 Å². The summed E-state index contributed by atoms with van der Waals surface area (Å²) < 4.78 is 7.79. The van der Waals surface area contributed by atoms with Crippen LogP contribution in [0.5, 0.6) is 5.75 Å². The lowest BCUT2D eigenvalue weighted by Crippen LogP contribution is -2.23. The highest BCUT2D eigenvalue weighted by atomic mass is 79.9. The molecule has 3 rings (SSSR count). The first kappa shape index (κ1) is 18.3. The first-order valence-corrected chi connectivity index (χ1v) is 9.08. The lowest BCUT2D eigenvalue weighted by molar-refractivity contribution is -0.134. The number of hydrogen-bond donors (Lipinski definition) is 0. The number of hydrogen-bond acceptors (Lipinski definition) is 4. The quantitative estimate of drug-likeness (QED) is 0.476. The van der Waals surface area contributed by atoms with Crippen molar-refractivity contribution in [1.82, 2.24) is 9.55 Å². The van der Waals surface area contributed by atoms with E-state index in [1.165, 1.54) is 10.9 Å². The number of rotatable bonds is 4. The van der Waals surface area contributed by atoms with Crippen LogP contribution >= 0.6 is 15.9 Å². The van der Waals surface area contributed by atoms with Crippen LogP contribution in [0.4, 0.5) is 0 Å². The topological polar surface area (TPSA) is 61.2 Å². The number of ether oxygens (including phenoxy) is 1. The van der Waals surface area contributed by atoms with Crippen LogP contribution < -0.4 is 10.3 Å². The number of esters is 1. The van der Waals surface area contributed by atoms with Crippen molar-refractivity contribution >= 4 is 32.8 Å². The molecule has 0 fully saturated rings. The van der Waals surface area contributed by atoms with Gasteiger partial charge >= 0.3 is 5.97 Å². The van der Waals surface area contributed by atoms with Crippen molar-refractivity contribution in [3.8, 4) is 5.75 Å². The first-order valence-electron chi connectivity index (χ1n) is 8.29. The third-order valence-corrected chi connectivity index (χ3v) is 4.93. The molecule has 134 valence electrons. The maximum absolute atomic E-state index is 12.6. The van der Waals surface area contributed by atoms with Crippen molar-refractivity contribution in [3.63, 3.8) is 0 Å². The number of halogens is 1. The highest BCUT2D eigenvalue weighted by Gasteiger charge is 2.13. The summed E-state index contributed by atoms with van der Waals surface area (Å²) in [6.07, 6.45) is 1.56. The molecule has 3 aromatic rings. The maximum Gasteiger partial charge on any atom is 0.313 e. The average Bonchev–Trinajstić information content (AvgIpc) is 2.62. The van der Waals surface area contributed by atoms with Crippen LogP contribution in [0.15, 0.2) is 45.9 Å². The Kier molecular flexibility index (Phi) is 5.23. The van der Waals surface area contributed by atoms with Crippen molar-refractivity contribution in [2.45, 2.75) is 33.7 Å². The Balaban J connectivity index is 1.76. The Hall–Kier alpha value is -2.47. The SMILES string of the molecule is Cc1ccc(C)c(OC(=O)CCn2cnc3ccc(Br)cc3c2=O)c1C. The van der Waals surface area contributed by atoms with Crippen molar-refractivity contribution in [1.29, 1.82) is 0 Å². The molecule has 6 heteroatoms. The Labute approximate surface area is 159 Å². The van der Waals surface area contributed by atoms with Gasteiger partial charge in [0, 0.05) is 11.0 Å². The number of fused-ring (bicyclic) bond motifs is 1. The van der Waals surface area contributed by atoms with E-state index in [-0.39, 0.29) is 24.5 Å². The second kappa shape index (κ2) is 7.41. The van der Waals surface area contributed by atoms with Crippen molar-refractivity contribution in [2.24, 2.45) is 0 Å². The molecule has 1 aromatic heterocycles. The van der Waals surface area contributed by atoms with Gasteiger partial charge in [-0.15, -0.1) is 0 Å². The predicted octanol–water partition coefficient (Wildman–Crippen LogP) is 4.08. The van der Waals surface area contributed by atoms with Gasteiger partial charge in [-0.25, -0.2) is 4.98 Å². The number of benzene rings is 2. The molecule has 0 spiro atoms. The van der Waals surface area contributed by atoms with Crippen LogP contribution in [0, 0.1) is 20.8 Å². The molecule has 5 nitrogen and oxygen atoms in total. The third-order valence-electron chi connectivity index (χ3n) is 4.43. The Morgan fingerprint density at radius 1 is 1.15 bits per heavy atom. The number of carbonyl (C=O) groups excluding carboxylic acids is 1. The van der Waals surface area contributed by atoms with Crippen LogP contribution in [0.25, 0.3) is 10.9 Å². The minimum absolute atomic E-state index is 0.0912. The van der Waals surface area contributed by atoms with Crippen LogP contribution in [-0.4, -0.2) is 15.5 Å². The average molecular weight is 415 g/mol. The normalized spacial score (nSPS) is 10.9. The zero-order valence-electron chi connectivity index (χ0n) is 14.9. The molecular formula is C20H19BrN2O3. The van der Waals surface area contributed by atoms with E-state index in [4.69, 9.17) is 4.74 Å². The number of carbonyl (C=O) groups is 1. The van der Waals surface area contributed by atoms with Gasteiger partial charge in [0.15, 0.2) is 0 Å². The Morgan fingerprint density at radius 3 is 2.65 bits per heavy atom. The Bertz CT molecular complexity index is 1060. The van der Waals surface area contributed by atoms with E-state index in [1.54, 1.807) is 12.1 Å². The van der Waals surface area contributed by atoms with Crippen LogP contribution in [0.3, 0.4) is 0 Å². The molecule has 0 unspecified atom stereocenters. The second-order valence-electron chi connectivity index (χ2n) is 6.28. The third kappa shape index (κ3) is 3.70. The lowest BCUT2D eigenvalue weighted by atomic mass is 10.1. The molecule has 0 saturated carbocycles. The summed E-state index contributed by atoms with van der Waals surface area (Å²) in [4.78, 5) is 29.1. The van der Waals surface area contributed by atoms with E-state index >= 15 is 0 Å². The maximum atomic E-state index is 12.6. The molecule has 0 radical (unpaired) electrons. The molecule has 0 bridgehead atoms. The van der Waals surface area contributed by atoms with Crippen LogP contribution in [-0.2, 0) is 11.3 Å². The summed E-state index contributed by atoms with van der Waals surface area (Å²) in [7, 11) is 0. The molecule has 1 heterocycles. The largest absolute Gasteiger partial charge is 0.426 e. The molecule has 0 saturated heterocycles. The van der Waals surface area contributed by atoms with Gasteiger partial charge in [-0.3, -0.25) is 14.2 Å². The number of nitrogens with zero attached hydrogens (tertiary/aromatic N) is 2. The van der Waals surface area contributed by atoms with E-state index in [2.05, 4.69) is 20.9 Å². The minimum Gasteiger partial charge on any atom is -0.426 e. The molecule has 2 aromatic carbocycles. The second-order valence-corrected chi connectivity index (χ2v) is 7.20. The summed E-state index contributed by atoms with van der Waals surface area (Å²) in [5.74, 6) is 0.228. The predicted molar refractivity (Wildman–Crippen MR) is 105 cm³/mol. The first-order chi connectivity index (χ1) is 12.4. The fourth-order valence-corrected chi connectivity index (χ4v) is 3.11. The molecule has 0 aliphatic rings. The van der Waals surface area contributed by atoms with E-state index in [9.17, 15) is 9.59 Å². The minimum atomic E-state index is -0.372. The monoisotopic (exact) mass is 414 g/mol. The molecule has 26 heavy (non-hydrogen) atoms. The highest BCUT2D eigenvalue weighted by molar-refractivity contribution is 9.10. The van der Waals surface area contributed by atoms with E-state index in [1.807, 2.05) is 39.0 Å². The van der Waals surface area contributed by atoms with E-state index < -0.39 is 0 Å². The molecular weight excluding hydrogens is 396 g/mol. The van der Waals surface area contributed by atoms with Crippen LogP contribution in [0.2, 0.25) is 0 Å². The van der Waals surface area contributed by atoms with Gasteiger partial charge in [0.05, 0.1) is 23.7 Å². The van der Waals surface area contributed by atoms with E-state index in [0.717, 1.165) is 21.2 Å². The van der Waals surface area contributed by atoms with Crippen molar-refractivity contribution in [3.05, 3.63) is 68.2 Å². The highest BCUT2D eigenvalue weighted by Crippen LogP contribution is 2.26. The van der Waals surface area contributed by atoms with Crippen LogP contribution in [0.1, 0.15) is 23.1 Å². The zero-order chi connectivity index (χ0) is 18.8. The fraction of sp³-hybridized carbons (Fsp3) is 0.250. The summed E-state index contributed by atoms with van der Waals surface area (Å²) in [5.41, 5.74) is 3.39. The lowest BCUT2D eigenvalue weighted by Gasteiger charge is -2.13. The van der Waals surface area contributed by atoms with Gasteiger partial charge in [-0.2, -0.15) is 0 Å². The zero-order valence-corrected chi connectivity index (χ0v) is 16.5. The Morgan fingerprint density at radius 2 is 1.88 bits per heavy atom. The van der Waals surface area contributed by atoms with Crippen molar-refractivity contribution in [2.75, 3.05) is 0 Å². The van der Waals surface area contributed by atoms with Crippen molar-refractivity contribution < 1.29 is 9.53 Å². The smallest absolute Gasteiger partial charge is 0.313 e. The molecule has 0 aliphatic heterocycles. The number of aromatic nitrogens is 2. The molecule has 0 atom stereocenters. The van der Waals surface area contributed by atoms with E-state index in [0.29, 0.717) is 16.7 Å². The fourth-order valence-electron chi connectivity index (χ4n) is 2.75. The van der Waals surface area contributed by atoms with Gasteiger partial charge in [-0.1, -0.05) is 28.1 Å². The van der Waals surface area contributed by atoms with Gasteiger partial charge in [0.2, 0.25) is 0 Å². The summed E-state index contributed by atoms with van der Waals surface area (Å²) in [6, 6.07) is 9.28. The molecule has 0 N–H and O–H groups in total. The summed E-state index contributed by atoms with van der Waals surface area (Å²) in [5, 5.41) is 0.514.